The highest BCUT2D eigenvalue weighted by atomic mass is 19.4. The van der Waals surface area contributed by atoms with Gasteiger partial charge in [-0.15, -0.1) is 13.2 Å². The standard InChI is InChI=1S/C18H19F4N5O/c1-10(11-5-6-13(12(19)7-11)28-18(20,21)22)25-15-8-14(17(2,3)4)26-16-23-9-24-27(15)16/h5-10,25H,1-4H3. The van der Waals surface area contributed by atoms with E-state index in [0.717, 1.165) is 17.8 Å². The largest absolute Gasteiger partial charge is 0.573 e. The van der Waals surface area contributed by atoms with Gasteiger partial charge in [0.25, 0.3) is 5.78 Å². The van der Waals surface area contributed by atoms with E-state index in [-0.39, 0.29) is 5.41 Å². The molecule has 0 fully saturated rings. The minimum atomic E-state index is -4.95. The molecular formula is C18H19F4N5O. The zero-order valence-corrected chi connectivity index (χ0v) is 15.7. The number of alkyl halides is 3. The summed E-state index contributed by atoms with van der Waals surface area (Å²) in [5.41, 5.74) is 0.980. The van der Waals surface area contributed by atoms with Crippen molar-refractivity contribution in [3.63, 3.8) is 0 Å². The fraction of sp³-hybridized carbons (Fsp3) is 0.389. The van der Waals surface area contributed by atoms with Gasteiger partial charge in [-0.3, -0.25) is 0 Å². The van der Waals surface area contributed by atoms with Crippen LogP contribution in [0.2, 0.25) is 0 Å². The minimum absolute atomic E-state index is 0.240. The van der Waals surface area contributed by atoms with E-state index in [1.54, 1.807) is 6.92 Å². The molecule has 2 aromatic heterocycles. The van der Waals surface area contributed by atoms with E-state index >= 15 is 0 Å². The highest BCUT2D eigenvalue weighted by Gasteiger charge is 2.32. The lowest BCUT2D eigenvalue weighted by molar-refractivity contribution is -0.275. The molecule has 0 aliphatic rings. The van der Waals surface area contributed by atoms with Crippen molar-refractivity contribution < 1.29 is 22.3 Å². The maximum Gasteiger partial charge on any atom is 0.573 e. The Morgan fingerprint density at radius 1 is 1.14 bits per heavy atom. The fourth-order valence-electron chi connectivity index (χ4n) is 2.60. The monoisotopic (exact) mass is 397 g/mol. The first-order valence-electron chi connectivity index (χ1n) is 8.47. The van der Waals surface area contributed by atoms with E-state index in [9.17, 15) is 17.6 Å². The van der Waals surface area contributed by atoms with Crippen LogP contribution in [-0.4, -0.2) is 25.9 Å². The molecule has 0 aliphatic heterocycles. The zero-order valence-electron chi connectivity index (χ0n) is 15.7. The molecule has 1 aromatic carbocycles. The first-order valence-corrected chi connectivity index (χ1v) is 8.47. The van der Waals surface area contributed by atoms with E-state index in [1.807, 2.05) is 26.8 Å². The number of halogens is 4. The summed E-state index contributed by atoms with van der Waals surface area (Å²) in [7, 11) is 0. The van der Waals surface area contributed by atoms with Gasteiger partial charge in [-0.25, -0.2) is 9.37 Å². The first-order chi connectivity index (χ1) is 12.9. The topological polar surface area (TPSA) is 64.3 Å². The van der Waals surface area contributed by atoms with Crippen molar-refractivity contribution in [2.75, 3.05) is 5.32 Å². The predicted octanol–water partition coefficient (Wildman–Crippen LogP) is 4.63. The summed E-state index contributed by atoms with van der Waals surface area (Å²) in [6.07, 6.45) is -3.58. The van der Waals surface area contributed by atoms with Gasteiger partial charge in [0.15, 0.2) is 11.6 Å². The molecule has 0 radical (unpaired) electrons. The third-order valence-electron chi connectivity index (χ3n) is 4.07. The summed E-state index contributed by atoms with van der Waals surface area (Å²) in [6, 6.07) is 4.71. The van der Waals surface area contributed by atoms with Crippen LogP contribution in [0.1, 0.15) is 45.0 Å². The number of nitrogens with one attached hydrogen (secondary N) is 1. The second kappa shape index (κ2) is 6.92. The number of anilines is 1. The average molecular weight is 397 g/mol. The molecule has 28 heavy (non-hydrogen) atoms. The van der Waals surface area contributed by atoms with Gasteiger partial charge in [0, 0.05) is 11.5 Å². The second-order valence-corrected chi connectivity index (χ2v) is 7.35. The van der Waals surface area contributed by atoms with Crippen LogP contribution in [-0.2, 0) is 5.41 Å². The molecule has 150 valence electrons. The summed E-state index contributed by atoms with van der Waals surface area (Å²) in [5, 5.41) is 7.31. The van der Waals surface area contributed by atoms with Crippen LogP contribution in [0.25, 0.3) is 5.78 Å². The van der Waals surface area contributed by atoms with E-state index in [4.69, 9.17) is 0 Å². The summed E-state index contributed by atoms with van der Waals surface area (Å²) >= 11 is 0. The van der Waals surface area contributed by atoms with Crippen molar-refractivity contribution in [1.29, 1.82) is 0 Å². The molecule has 0 spiro atoms. The first kappa shape index (κ1) is 19.8. The van der Waals surface area contributed by atoms with Crippen molar-refractivity contribution in [3.05, 3.63) is 47.7 Å². The van der Waals surface area contributed by atoms with Crippen molar-refractivity contribution in [1.82, 2.24) is 19.6 Å². The van der Waals surface area contributed by atoms with Gasteiger partial charge < -0.3 is 10.1 Å². The Morgan fingerprint density at radius 2 is 1.86 bits per heavy atom. The number of hydrogen-bond acceptors (Lipinski definition) is 5. The van der Waals surface area contributed by atoms with Crippen LogP contribution in [0.15, 0.2) is 30.6 Å². The lowest BCUT2D eigenvalue weighted by Crippen LogP contribution is -2.19. The third-order valence-corrected chi connectivity index (χ3v) is 4.07. The smallest absolute Gasteiger partial charge is 0.403 e. The average Bonchev–Trinajstić information content (AvgIpc) is 3.03. The molecule has 2 heterocycles. The second-order valence-electron chi connectivity index (χ2n) is 7.35. The Bertz CT molecular complexity index is 994. The molecule has 0 aliphatic carbocycles. The van der Waals surface area contributed by atoms with Crippen molar-refractivity contribution in [2.45, 2.75) is 45.5 Å². The number of hydrogen-bond donors (Lipinski definition) is 1. The van der Waals surface area contributed by atoms with Crippen LogP contribution >= 0.6 is 0 Å². The Hall–Kier alpha value is -2.91. The van der Waals surface area contributed by atoms with E-state index < -0.39 is 24.0 Å². The Morgan fingerprint density at radius 3 is 2.46 bits per heavy atom. The molecule has 0 saturated heterocycles. The molecular weight excluding hydrogens is 378 g/mol. The number of fused-ring (bicyclic) bond motifs is 1. The zero-order chi connectivity index (χ0) is 20.7. The van der Waals surface area contributed by atoms with Crippen LogP contribution in [0, 0.1) is 5.82 Å². The molecule has 6 nitrogen and oxygen atoms in total. The molecule has 0 amide bonds. The van der Waals surface area contributed by atoms with E-state index in [0.29, 0.717) is 17.2 Å². The van der Waals surface area contributed by atoms with Crippen LogP contribution in [0.4, 0.5) is 23.4 Å². The predicted molar refractivity (Wildman–Crippen MR) is 94.6 cm³/mol. The Kier molecular flexibility index (Phi) is 4.90. The van der Waals surface area contributed by atoms with Crippen molar-refractivity contribution in [3.8, 4) is 5.75 Å². The van der Waals surface area contributed by atoms with Crippen molar-refractivity contribution >= 4 is 11.6 Å². The summed E-state index contributed by atoms with van der Waals surface area (Å²) in [4.78, 5) is 8.58. The lowest BCUT2D eigenvalue weighted by Gasteiger charge is -2.21. The van der Waals surface area contributed by atoms with Gasteiger partial charge >= 0.3 is 6.36 Å². The number of aromatic nitrogens is 4. The number of benzene rings is 1. The summed E-state index contributed by atoms with van der Waals surface area (Å²) in [5.74, 6) is -0.987. The van der Waals surface area contributed by atoms with E-state index in [2.05, 4.69) is 25.1 Å². The maximum absolute atomic E-state index is 14.0. The molecule has 10 heteroatoms. The summed E-state index contributed by atoms with van der Waals surface area (Å²) in [6.45, 7) is 7.76. The minimum Gasteiger partial charge on any atom is -0.403 e. The normalized spacial score (nSPS) is 13.6. The maximum atomic E-state index is 14.0. The number of ether oxygens (including phenoxy) is 1. The highest BCUT2D eigenvalue weighted by molar-refractivity contribution is 5.48. The summed E-state index contributed by atoms with van der Waals surface area (Å²) < 4.78 is 56.1. The molecule has 3 aromatic rings. The van der Waals surface area contributed by atoms with Crippen LogP contribution < -0.4 is 10.1 Å². The molecule has 1 unspecified atom stereocenters. The molecule has 1 atom stereocenters. The van der Waals surface area contributed by atoms with Gasteiger partial charge in [0.05, 0.1) is 11.7 Å². The van der Waals surface area contributed by atoms with Gasteiger partial charge in [0.2, 0.25) is 0 Å². The van der Waals surface area contributed by atoms with Gasteiger partial charge in [0.1, 0.15) is 12.1 Å². The Balaban J connectivity index is 1.90. The number of rotatable bonds is 4. The van der Waals surface area contributed by atoms with E-state index in [1.165, 1.54) is 16.9 Å². The number of nitrogens with zero attached hydrogens (tertiary/aromatic N) is 4. The molecule has 0 bridgehead atoms. The van der Waals surface area contributed by atoms with Crippen LogP contribution in [0.5, 0.6) is 5.75 Å². The molecule has 3 rings (SSSR count). The van der Waals surface area contributed by atoms with Gasteiger partial charge in [-0.05, 0) is 24.6 Å². The fourth-order valence-corrected chi connectivity index (χ4v) is 2.60. The van der Waals surface area contributed by atoms with Crippen molar-refractivity contribution in [2.24, 2.45) is 0 Å². The SMILES string of the molecule is CC(Nc1cc(C(C)(C)C)nc2ncnn12)c1ccc(OC(F)(F)F)c(F)c1. The highest BCUT2D eigenvalue weighted by Crippen LogP contribution is 2.30. The third kappa shape index (κ3) is 4.32. The van der Waals surface area contributed by atoms with Gasteiger partial charge in [-0.1, -0.05) is 26.8 Å². The molecule has 1 N–H and O–H groups in total. The quantitative estimate of drug-likeness (QED) is 0.650. The van der Waals surface area contributed by atoms with Gasteiger partial charge in [-0.2, -0.15) is 14.6 Å². The van der Waals surface area contributed by atoms with Crippen LogP contribution in [0.3, 0.4) is 0 Å². The lowest BCUT2D eigenvalue weighted by atomic mass is 9.92. The molecule has 0 saturated carbocycles. The Labute approximate surface area is 158 Å².